The smallest absolute Gasteiger partial charge is 0.155 e. The summed E-state index contributed by atoms with van der Waals surface area (Å²) in [6.45, 7) is 0.118. The lowest BCUT2D eigenvalue weighted by Gasteiger charge is -2.02. The van der Waals surface area contributed by atoms with Gasteiger partial charge in [-0.05, 0) is 17.7 Å². The number of aldehydes is 1. The minimum absolute atomic E-state index is 0.118. The van der Waals surface area contributed by atoms with Crippen molar-refractivity contribution in [3.63, 3.8) is 0 Å². The topological polar surface area (TPSA) is 26.3 Å². The summed E-state index contributed by atoms with van der Waals surface area (Å²) in [6.07, 6.45) is 0.154. The van der Waals surface area contributed by atoms with Crippen LogP contribution in [0.15, 0.2) is 12.1 Å². The summed E-state index contributed by atoms with van der Waals surface area (Å²) in [5.41, 5.74) is -0.178. The molecule has 0 amide bonds. The zero-order chi connectivity index (χ0) is 9.84. The van der Waals surface area contributed by atoms with Gasteiger partial charge in [-0.1, -0.05) is 0 Å². The van der Waals surface area contributed by atoms with Crippen LogP contribution in [-0.4, -0.2) is 13.4 Å². The minimum Gasteiger partial charge on any atom is -0.380 e. The van der Waals surface area contributed by atoms with E-state index in [0.717, 1.165) is 12.1 Å². The molecule has 0 N–H and O–H groups in total. The molecule has 0 saturated heterocycles. The average molecular weight is 186 g/mol. The summed E-state index contributed by atoms with van der Waals surface area (Å²) in [5, 5.41) is 0. The summed E-state index contributed by atoms with van der Waals surface area (Å²) >= 11 is 0. The van der Waals surface area contributed by atoms with Gasteiger partial charge in [-0.15, -0.1) is 0 Å². The largest absolute Gasteiger partial charge is 0.380 e. The van der Waals surface area contributed by atoms with Crippen molar-refractivity contribution in [3.05, 3.63) is 34.9 Å². The Morgan fingerprint density at radius 2 is 1.92 bits per heavy atom. The molecule has 4 heteroatoms. The Labute approximate surface area is 74.1 Å². The maximum absolute atomic E-state index is 12.9. The summed E-state index contributed by atoms with van der Waals surface area (Å²) in [4.78, 5) is 10.2. The van der Waals surface area contributed by atoms with Gasteiger partial charge in [0, 0.05) is 7.11 Å². The van der Waals surface area contributed by atoms with Crippen LogP contribution >= 0.6 is 0 Å². The number of benzene rings is 1. The molecule has 0 aliphatic heterocycles. The fourth-order valence-corrected chi connectivity index (χ4v) is 0.999. The Hall–Kier alpha value is -1.29. The molecule has 0 atom stereocenters. The van der Waals surface area contributed by atoms with E-state index in [0.29, 0.717) is 5.56 Å². The van der Waals surface area contributed by atoms with E-state index in [-0.39, 0.29) is 12.9 Å². The number of ether oxygens (including phenoxy) is 1. The van der Waals surface area contributed by atoms with Crippen molar-refractivity contribution in [2.45, 2.75) is 6.61 Å². The van der Waals surface area contributed by atoms with Gasteiger partial charge in [-0.2, -0.15) is 0 Å². The second kappa shape index (κ2) is 4.09. The third-order valence-corrected chi connectivity index (χ3v) is 1.57. The number of rotatable bonds is 3. The van der Waals surface area contributed by atoms with Crippen molar-refractivity contribution in [2.75, 3.05) is 7.11 Å². The van der Waals surface area contributed by atoms with E-state index in [9.17, 15) is 13.6 Å². The van der Waals surface area contributed by atoms with E-state index in [1.54, 1.807) is 0 Å². The number of carbonyl (C=O) groups is 1. The summed E-state index contributed by atoms with van der Waals surface area (Å²) in [5.74, 6) is -1.72. The number of methoxy groups -OCH3 is 1. The van der Waals surface area contributed by atoms with Crippen molar-refractivity contribution >= 4 is 6.29 Å². The summed E-state index contributed by atoms with van der Waals surface area (Å²) in [7, 11) is 1.42. The Kier molecular flexibility index (Phi) is 3.08. The zero-order valence-electron chi connectivity index (χ0n) is 7.01. The van der Waals surface area contributed by atoms with Crippen LogP contribution < -0.4 is 0 Å². The highest BCUT2D eigenvalue weighted by molar-refractivity contribution is 5.75. The molecule has 13 heavy (non-hydrogen) atoms. The molecule has 1 aromatic carbocycles. The second-order valence-corrected chi connectivity index (χ2v) is 2.52. The lowest BCUT2D eigenvalue weighted by Crippen LogP contribution is -1.97. The van der Waals surface area contributed by atoms with Crippen molar-refractivity contribution in [1.29, 1.82) is 0 Å². The number of halogens is 2. The third kappa shape index (κ3) is 2.09. The third-order valence-electron chi connectivity index (χ3n) is 1.57. The van der Waals surface area contributed by atoms with Gasteiger partial charge in [0.2, 0.25) is 0 Å². The van der Waals surface area contributed by atoms with Crippen LogP contribution in [0.25, 0.3) is 0 Å². The summed E-state index contributed by atoms with van der Waals surface area (Å²) in [6, 6.07) is 2.16. The van der Waals surface area contributed by atoms with E-state index in [1.807, 2.05) is 0 Å². The molecular formula is C9H8F2O2. The van der Waals surface area contributed by atoms with Gasteiger partial charge in [-0.25, -0.2) is 8.78 Å². The molecule has 0 spiro atoms. The minimum atomic E-state index is -0.859. The second-order valence-electron chi connectivity index (χ2n) is 2.52. The van der Waals surface area contributed by atoms with Crippen LogP contribution in [0.5, 0.6) is 0 Å². The van der Waals surface area contributed by atoms with Crippen molar-refractivity contribution in [2.24, 2.45) is 0 Å². The van der Waals surface area contributed by atoms with Gasteiger partial charge in [-0.3, -0.25) is 4.79 Å². The molecule has 0 fully saturated rings. The highest BCUT2D eigenvalue weighted by atomic mass is 19.1. The van der Waals surface area contributed by atoms with E-state index in [1.165, 1.54) is 7.11 Å². The lowest BCUT2D eigenvalue weighted by molar-refractivity contribution is 0.111. The van der Waals surface area contributed by atoms with Crippen LogP contribution in [0.4, 0.5) is 8.78 Å². The van der Waals surface area contributed by atoms with Gasteiger partial charge in [0.1, 0.15) is 11.6 Å². The van der Waals surface area contributed by atoms with Gasteiger partial charge >= 0.3 is 0 Å². The van der Waals surface area contributed by atoms with Crippen LogP contribution in [0, 0.1) is 11.6 Å². The molecule has 0 unspecified atom stereocenters. The Bertz CT molecular complexity index is 300. The molecule has 70 valence electrons. The van der Waals surface area contributed by atoms with Crippen LogP contribution in [-0.2, 0) is 11.3 Å². The standard InChI is InChI=1S/C9H8F2O2/c1-13-5-6-2-8(10)7(4-12)9(11)3-6/h2-4H,5H2,1H3. The van der Waals surface area contributed by atoms with Gasteiger partial charge < -0.3 is 4.74 Å². The monoisotopic (exact) mass is 186 g/mol. The first-order chi connectivity index (χ1) is 6.19. The molecule has 0 aliphatic carbocycles. The number of carbonyl (C=O) groups excluding carboxylic acids is 1. The van der Waals surface area contributed by atoms with E-state index in [2.05, 4.69) is 4.74 Å². The van der Waals surface area contributed by atoms with Crippen LogP contribution in [0.2, 0.25) is 0 Å². The molecule has 0 heterocycles. The first kappa shape index (κ1) is 9.80. The summed E-state index contributed by atoms with van der Waals surface area (Å²) < 4.78 is 30.5. The Morgan fingerprint density at radius 1 is 1.38 bits per heavy atom. The van der Waals surface area contributed by atoms with E-state index in [4.69, 9.17) is 0 Å². The lowest BCUT2D eigenvalue weighted by atomic mass is 10.1. The van der Waals surface area contributed by atoms with Gasteiger partial charge in [0.15, 0.2) is 6.29 Å². The fourth-order valence-electron chi connectivity index (χ4n) is 0.999. The van der Waals surface area contributed by atoms with Crippen molar-refractivity contribution < 1.29 is 18.3 Å². The molecule has 0 bridgehead atoms. The number of hydrogen-bond donors (Lipinski definition) is 0. The molecule has 1 aromatic rings. The normalized spacial score (nSPS) is 10.1. The van der Waals surface area contributed by atoms with Gasteiger partial charge in [0.05, 0.1) is 12.2 Å². The molecule has 0 radical (unpaired) electrons. The molecule has 0 aromatic heterocycles. The highest BCUT2D eigenvalue weighted by Gasteiger charge is 2.09. The molecule has 1 rings (SSSR count). The first-order valence-corrected chi connectivity index (χ1v) is 3.61. The molecule has 0 aliphatic rings. The Morgan fingerprint density at radius 3 is 2.31 bits per heavy atom. The van der Waals surface area contributed by atoms with Crippen LogP contribution in [0.1, 0.15) is 15.9 Å². The Balaban J connectivity index is 3.12. The fraction of sp³-hybridized carbons (Fsp3) is 0.222. The van der Waals surface area contributed by atoms with E-state index < -0.39 is 17.2 Å². The number of hydrogen-bond acceptors (Lipinski definition) is 2. The average Bonchev–Trinajstić information content (AvgIpc) is 2.04. The predicted octanol–water partition coefficient (Wildman–Crippen LogP) is 1.92. The highest BCUT2D eigenvalue weighted by Crippen LogP contribution is 2.13. The van der Waals surface area contributed by atoms with Crippen molar-refractivity contribution in [1.82, 2.24) is 0 Å². The molecule has 0 saturated carbocycles. The van der Waals surface area contributed by atoms with Gasteiger partial charge in [0.25, 0.3) is 0 Å². The first-order valence-electron chi connectivity index (χ1n) is 3.61. The maximum Gasteiger partial charge on any atom is 0.155 e. The van der Waals surface area contributed by atoms with Crippen LogP contribution in [0.3, 0.4) is 0 Å². The quantitative estimate of drug-likeness (QED) is 0.674. The molecule has 2 nitrogen and oxygen atoms in total. The SMILES string of the molecule is COCc1cc(F)c(C=O)c(F)c1. The predicted molar refractivity (Wildman–Crippen MR) is 42.5 cm³/mol. The maximum atomic E-state index is 12.9. The molecular weight excluding hydrogens is 178 g/mol. The van der Waals surface area contributed by atoms with Crippen molar-refractivity contribution in [3.8, 4) is 0 Å². The zero-order valence-corrected chi connectivity index (χ0v) is 7.01. The van der Waals surface area contributed by atoms with E-state index >= 15 is 0 Å².